The summed E-state index contributed by atoms with van der Waals surface area (Å²) in [5.41, 5.74) is 11.3. The molecule has 2 nitrogen and oxygen atoms in total. The summed E-state index contributed by atoms with van der Waals surface area (Å²) < 4.78 is 6.40. The quantitative estimate of drug-likeness (QED) is 0.177. The van der Waals surface area contributed by atoms with Gasteiger partial charge in [-0.25, -0.2) is 4.98 Å². The smallest absolute Gasteiger partial charge is 0.135 e. The van der Waals surface area contributed by atoms with E-state index in [-0.39, 0.29) is 0 Å². The van der Waals surface area contributed by atoms with Gasteiger partial charge < -0.3 is 4.74 Å². The monoisotopic (exact) mass is 647 g/mol. The van der Waals surface area contributed by atoms with Crippen LogP contribution in [0.25, 0.3) is 99.0 Å². The van der Waals surface area contributed by atoms with Gasteiger partial charge in [0.2, 0.25) is 0 Å². The second kappa shape index (κ2) is 10.9. The maximum Gasteiger partial charge on any atom is 0.135 e. The second-order valence-electron chi connectivity index (χ2n) is 13.5. The number of rotatable bonds is 4. The fourth-order valence-corrected chi connectivity index (χ4v) is 8.21. The van der Waals surface area contributed by atoms with Crippen molar-refractivity contribution < 1.29 is 4.74 Å². The van der Waals surface area contributed by atoms with Crippen LogP contribution in [0, 0.1) is 0 Å². The Morgan fingerprint density at radius 3 is 1.57 bits per heavy atom. The summed E-state index contributed by atoms with van der Waals surface area (Å²) in [4.78, 5) is 5.23. The lowest BCUT2D eigenvalue weighted by Gasteiger charge is -2.22. The lowest BCUT2D eigenvalue weighted by atomic mass is 9.87. The predicted molar refractivity (Wildman–Crippen MR) is 213 cm³/mol. The highest BCUT2D eigenvalue weighted by Crippen LogP contribution is 2.49. The van der Waals surface area contributed by atoms with Gasteiger partial charge in [0.05, 0.1) is 11.4 Å². The van der Waals surface area contributed by atoms with Crippen molar-refractivity contribution in [3.63, 3.8) is 0 Å². The molecule has 0 amide bonds. The Morgan fingerprint density at radius 2 is 0.882 bits per heavy atom. The van der Waals surface area contributed by atoms with Crippen molar-refractivity contribution in [2.24, 2.45) is 0 Å². The van der Waals surface area contributed by atoms with E-state index in [2.05, 4.69) is 164 Å². The number of benzene rings is 9. The van der Waals surface area contributed by atoms with Crippen LogP contribution < -0.4 is 4.74 Å². The van der Waals surface area contributed by atoms with Crippen LogP contribution >= 0.6 is 0 Å². The molecule has 0 fully saturated rings. The van der Waals surface area contributed by atoms with E-state index in [1.54, 1.807) is 0 Å². The summed E-state index contributed by atoms with van der Waals surface area (Å²) in [5.74, 6) is 1.82. The van der Waals surface area contributed by atoms with Gasteiger partial charge in [0.15, 0.2) is 0 Å². The van der Waals surface area contributed by atoms with Crippen molar-refractivity contribution >= 4 is 43.1 Å². The van der Waals surface area contributed by atoms with Gasteiger partial charge in [0, 0.05) is 22.1 Å². The van der Waals surface area contributed by atoms with E-state index in [1.807, 2.05) is 12.1 Å². The Hall–Kier alpha value is -6.77. The molecule has 0 bridgehead atoms. The minimum absolute atomic E-state index is 0.910. The van der Waals surface area contributed by atoms with Gasteiger partial charge >= 0.3 is 0 Å². The molecule has 9 aromatic carbocycles. The van der Waals surface area contributed by atoms with Crippen LogP contribution in [-0.4, -0.2) is 4.98 Å². The molecule has 2 heterocycles. The number of ether oxygens (including phenoxy) is 1. The average molecular weight is 648 g/mol. The Balaban J connectivity index is 1.07. The number of hydrogen-bond donors (Lipinski definition) is 0. The van der Waals surface area contributed by atoms with Gasteiger partial charge in [-0.3, -0.25) is 0 Å². The van der Waals surface area contributed by atoms with E-state index < -0.39 is 0 Å². The summed E-state index contributed by atoms with van der Waals surface area (Å²) in [5, 5.41) is 9.90. The van der Waals surface area contributed by atoms with E-state index in [9.17, 15) is 0 Å². The summed E-state index contributed by atoms with van der Waals surface area (Å²) in [6.45, 7) is 0. The molecule has 0 aliphatic carbocycles. The molecule has 236 valence electrons. The van der Waals surface area contributed by atoms with Gasteiger partial charge in [-0.15, -0.1) is 0 Å². The van der Waals surface area contributed by atoms with Gasteiger partial charge in [0.1, 0.15) is 11.5 Å². The third-order valence-electron chi connectivity index (χ3n) is 10.5. The van der Waals surface area contributed by atoms with E-state index >= 15 is 0 Å². The van der Waals surface area contributed by atoms with Crippen molar-refractivity contribution in [1.82, 2.24) is 4.98 Å². The number of nitrogens with zero attached hydrogens (tertiary/aromatic N) is 1. The zero-order valence-corrected chi connectivity index (χ0v) is 27.6. The third-order valence-corrected chi connectivity index (χ3v) is 10.5. The topological polar surface area (TPSA) is 22.1 Å². The molecule has 10 aromatic rings. The first-order chi connectivity index (χ1) is 25.2. The van der Waals surface area contributed by atoms with Crippen LogP contribution in [0.5, 0.6) is 11.5 Å². The zero-order valence-electron chi connectivity index (χ0n) is 27.6. The Kier molecular flexibility index (Phi) is 5.99. The summed E-state index contributed by atoms with van der Waals surface area (Å²) in [6.07, 6.45) is 0. The van der Waals surface area contributed by atoms with Crippen molar-refractivity contribution in [2.45, 2.75) is 0 Å². The van der Waals surface area contributed by atoms with Crippen molar-refractivity contribution in [3.05, 3.63) is 176 Å². The van der Waals surface area contributed by atoms with Crippen LogP contribution in [0.1, 0.15) is 0 Å². The van der Waals surface area contributed by atoms with Crippen molar-refractivity contribution in [2.75, 3.05) is 0 Å². The number of hydrogen-bond acceptors (Lipinski definition) is 2. The SMILES string of the molecule is c1ccc(-c2cc(-c3ccccc3)nc(-c3cc4ccc5cc(-c6ccc7c8c(cccc68)-c6ccccc6O7)cc6ccc(c3)c4c56)c2)cc1. The molecule has 0 spiro atoms. The molecule has 0 saturated heterocycles. The lowest BCUT2D eigenvalue weighted by Crippen LogP contribution is -1.97. The zero-order chi connectivity index (χ0) is 33.5. The first kappa shape index (κ1) is 28.1. The number of pyridine rings is 1. The van der Waals surface area contributed by atoms with Crippen LogP contribution in [0.2, 0.25) is 0 Å². The lowest BCUT2D eigenvalue weighted by molar-refractivity contribution is 0.487. The first-order valence-electron chi connectivity index (χ1n) is 17.4. The first-order valence-corrected chi connectivity index (χ1v) is 17.4. The molecular weight excluding hydrogens is 619 g/mol. The Labute approximate surface area is 295 Å². The fraction of sp³-hybridized carbons (Fsp3) is 0. The third kappa shape index (κ3) is 4.40. The number of aromatic nitrogens is 1. The van der Waals surface area contributed by atoms with Crippen molar-refractivity contribution in [1.29, 1.82) is 0 Å². The summed E-state index contributed by atoms with van der Waals surface area (Å²) >= 11 is 0. The normalized spacial score (nSPS) is 12.1. The molecule has 0 saturated carbocycles. The number of para-hydroxylation sites is 1. The minimum Gasteiger partial charge on any atom is -0.456 e. The molecule has 11 rings (SSSR count). The predicted octanol–water partition coefficient (Wildman–Crippen LogP) is 13.6. The van der Waals surface area contributed by atoms with Gasteiger partial charge in [-0.1, -0.05) is 127 Å². The van der Waals surface area contributed by atoms with Gasteiger partial charge in [-0.05, 0) is 114 Å². The van der Waals surface area contributed by atoms with E-state index in [4.69, 9.17) is 9.72 Å². The fourth-order valence-electron chi connectivity index (χ4n) is 8.21. The maximum absolute atomic E-state index is 6.40. The molecule has 0 atom stereocenters. The van der Waals surface area contributed by atoms with Crippen LogP contribution in [0.3, 0.4) is 0 Å². The van der Waals surface area contributed by atoms with Crippen LogP contribution in [0.15, 0.2) is 176 Å². The average Bonchev–Trinajstić information content (AvgIpc) is 3.20. The van der Waals surface area contributed by atoms with Gasteiger partial charge in [0.25, 0.3) is 0 Å². The highest BCUT2D eigenvalue weighted by atomic mass is 16.5. The molecule has 1 aliphatic heterocycles. The Morgan fingerprint density at radius 1 is 0.314 bits per heavy atom. The van der Waals surface area contributed by atoms with Crippen LogP contribution in [0.4, 0.5) is 0 Å². The van der Waals surface area contributed by atoms with Crippen LogP contribution in [-0.2, 0) is 0 Å². The van der Waals surface area contributed by atoms with E-state index in [0.29, 0.717) is 0 Å². The van der Waals surface area contributed by atoms with E-state index in [0.717, 1.165) is 45.1 Å². The largest absolute Gasteiger partial charge is 0.456 e. The second-order valence-corrected chi connectivity index (χ2v) is 13.5. The highest BCUT2D eigenvalue weighted by molar-refractivity contribution is 6.25. The molecular formula is C49H29NO. The molecule has 0 unspecified atom stereocenters. The highest BCUT2D eigenvalue weighted by Gasteiger charge is 2.22. The molecule has 1 aliphatic rings. The Bertz CT molecular complexity index is 2860. The molecule has 1 aromatic heterocycles. The maximum atomic E-state index is 6.40. The summed E-state index contributed by atoms with van der Waals surface area (Å²) in [6, 6.07) is 63.2. The van der Waals surface area contributed by atoms with Crippen molar-refractivity contribution in [3.8, 4) is 67.4 Å². The standard InChI is InChI=1S/C49H29NO/c1-3-10-30(11-4-1)36-28-43(31-12-5-2-6-13-31)50-44(29-36)38-26-34-20-18-32-24-37(25-33-19-21-35(27-38)48(34)47(32)33)39-22-23-46-49-41(39)15-9-16-42(49)40-14-7-8-17-45(40)51-46/h1-29H. The summed E-state index contributed by atoms with van der Waals surface area (Å²) in [7, 11) is 0. The molecule has 0 radical (unpaired) electrons. The van der Waals surface area contributed by atoms with E-state index in [1.165, 1.54) is 65.3 Å². The minimum atomic E-state index is 0.910. The molecule has 2 heteroatoms. The molecule has 51 heavy (non-hydrogen) atoms. The number of fused-ring (bicyclic) bond motifs is 2. The molecule has 0 N–H and O–H groups in total. The van der Waals surface area contributed by atoms with Gasteiger partial charge in [-0.2, -0.15) is 0 Å².